The Morgan fingerprint density at radius 2 is 2.14 bits per heavy atom. The van der Waals surface area contributed by atoms with Gasteiger partial charge in [0.25, 0.3) is 0 Å². The van der Waals surface area contributed by atoms with E-state index in [1.165, 1.54) is 12.1 Å². The van der Waals surface area contributed by atoms with Gasteiger partial charge in [0, 0.05) is 5.56 Å². The molecule has 0 aliphatic carbocycles. The van der Waals surface area contributed by atoms with Crippen LogP contribution < -0.4 is 5.73 Å². The Hall–Kier alpha value is -1.06. The van der Waals surface area contributed by atoms with Crippen LogP contribution in [0, 0.1) is 12.7 Å². The summed E-state index contributed by atoms with van der Waals surface area (Å²) < 4.78 is 12.9. The van der Waals surface area contributed by atoms with Crippen molar-refractivity contribution in [2.75, 3.05) is 0 Å². The highest BCUT2D eigenvalue weighted by Crippen LogP contribution is 2.29. The van der Waals surface area contributed by atoms with Gasteiger partial charge in [0.05, 0.1) is 6.04 Å². The van der Waals surface area contributed by atoms with Gasteiger partial charge in [-0.3, -0.25) is 0 Å². The zero-order chi connectivity index (χ0) is 10.0. The van der Waals surface area contributed by atoms with E-state index in [9.17, 15) is 9.50 Å². The van der Waals surface area contributed by atoms with Crippen LogP contribution in [0.2, 0.25) is 0 Å². The van der Waals surface area contributed by atoms with Gasteiger partial charge < -0.3 is 10.8 Å². The summed E-state index contributed by atoms with van der Waals surface area (Å²) in [6.07, 6.45) is 1.46. The Morgan fingerprint density at radius 1 is 1.57 bits per heavy atom. The van der Waals surface area contributed by atoms with Crippen LogP contribution in [0.1, 0.15) is 17.2 Å². The largest absolute Gasteiger partial charge is 0.505 e. The monoisotopic (exact) mass is 217 g/mol. The van der Waals surface area contributed by atoms with Crippen molar-refractivity contribution in [3.8, 4) is 5.75 Å². The number of aryl methyl sites for hydroxylation is 1. The number of nitrogens with two attached hydrogens (primary N) is 1. The first kappa shape index (κ1) is 12.9. The maximum absolute atomic E-state index is 12.9. The van der Waals surface area contributed by atoms with E-state index in [-0.39, 0.29) is 18.2 Å². The maximum Gasteiger partial charge on any atom is 0.165 e. The van der Waals surface area contributed by atoms with Crippen LogP contribution in [0.4, 0.5) is 4.39 Å². The first-order chi connectivity index (χ1) is 6.07. The molecule has 78 valence electrons. The Balaban J connectivity index is 0.00000169. The van der Waals surface area contributed by atoms with Gasteiger partial charge in [0.2, 0.25) is 0 Å². The van der Waals surface area contributed by atoms with Crippen LogP contribution in [0.5, 0.6) is 5.75 Å². The number of benzene rings is 1. The molecule has 14 heavy (non-hydrogen) atoms. The molecule has 0 heterocycles. The smallest absolute Gasteiger partial charge is 0.165 e. The van der Waals surface area contributed by atoms with Crippen molar-refractivity contribution < 1.29 is 9.50 Å². The second-order valence-electron chi connectivity index (χ2n) is 2.89. The van der Waals surface area contributed by atoms with Crippen molar-refractivity contribution in [2.45, 2.75) is 13.0 Å². The van der Waals surface area contributed by atoms with Gasteiger partial charge in [-0.25, -0.2) is 4.39 Å². The van der Waals surface area contributed by atoms with Crippen LogP contribution in [0.25, 0.3) is 0 Å². The number of halogens is 2. The highest BCUT2D eigenvalue weighted by atomic mass is 35.5. The van der Waals surface area contributed by atoms with Gasteiger partial charge in [-0.1, -0.05) is 12.1 Å². The van der Waals surface area contributed by atoms with E-state index in [1.807, 2.05) is 0 Å². The molecule has 1 aromatic rings. The summed E-state index contributed by atoms with van der Waals surface area (Å²) in [6, 6.07) is 2.26. The van der Waals surface area contributed by atoms with Crippen LogP contribution in [0.15, 0.2) is 24.8 Å². The van der Waals surface area contributed by atoms with Gasteiger partial charge in [-0.15, -0.1) is 19.0 Å². The first-order valence-corrected chi connectivity index (χ1v) is 3.94. The summed E-state index contributed by atoms with van der Waals surface area (Å²) in [5.74, 6) is -1.04. The summed E-state index contributed by atoms with van der Waals surface area (Å²) in [5, 5.41) is 9.38. The summed E-state index contributed by atoms with van der Waals surface area (Å²) in [7, 11) is 0. The molecule has 0 bridgehead atoms. The Morgan fingerprint density at radius 3 is 2.64 bits per heavy atom. The molecule has 0 radical (unpaired) electrons. The normalized spacial score (nSPS) is 11.6. The minimum atomic E-state index is -0.655. The molecular formula is C10H13ClFNO. The molecule has 0 unspecified atom stereocenters. The van der Waals surface area contributed by atoms with Crippen molar-refractivity contribution in [1.82, 2.24) is 0 Å². The second-order valence-corrected chi connectivity index (χ2v) is 2.89. The van der Waals surface area contributed by atoms with Gasteiger partial charge in [0.15, 0.2) is 11.6 Å². The van der Waals surface area contributed by atoms with Crippen LogP contribution in [-0.4, -0.2) is 5.11 Å². The first-order valence-electron chi connectivity index (χ1n) is 3.94. The highest BCUT2D eigenvalue weighted by molar-refractivity contribution is 5.85. The molecule has 1 aromatic carbocycles. The zero-order valence-electron chi connectivity index (χ0n) is 7.83. The third-order valence-electron chi connectivity index (χ3n) is 1.97. The lowest BCUT2D eigenvalue weighted by molar-refractivity contribution is 0.423. The van der Waals surface area contributed by atoms with Crippen molar-refractivity contribution in [1.29, 1.82) is 0 Å². The predicted octanol–water partition coefficient (Wildman–Crippen LogP) is 2.45. The van der Waals surface area contributed by atoms with E-state index < -0.39 is 11.9 Å². The van der Waals surface area contributed by atoms with E-state index >= 15 is 0 Å². The number of hydrogen-bond donors (Lipinski definition) is 2. The third-order valence-corrected chi connectivity index (χ3v) is 1.97. The van der Waals surface area contributed by atoms with E-state index in [1.54, 1.807) is 13.0 Å². The molecule has 0 aliphatic rings. The van der Waals surface area contributed by atoms with Crippen molar-refractivity contribution in [2.24, 2.45) is 5.73 Å². The quantitative estimate of drug-likeness (QED) is 0.748. The Kier molecular flexibility index (Phi) is 4.60. The minimum Gasteiger partial charge on any atom is -0.505 e. The molecule has 2 nitrogen and oxygen atoms in total. The fraction of sp³-hybridized carbons (Fsp3) is 0.200. The summed E-state index contributed by atoms with van der Waals surface area (Å²) in [6.45, 7) is 5.25. The average Bonchev–Trinajstić information content (AvgIpc) is 2.12. The van der Waals surface area contributed by atoms with Gasteiger partial charge >= 0.3 is 0 Å². The average molecular weight is 218 g/mol. The topological polar surface area (TPSA) is 46.2 Å². The molecular weight excluding hydrogens is 205 g/mol. The Labute approximate surface area is 88.7 Å². The lowest BCUT2D eigenvalue weighted by Gasteiger charge is -2.12. The number of hydrogen-bond acceptors (Lipinski definition) is 2. The zero-order valence-corrected chi connectivity index (χ0v) is 8.64. The minimum absolute atomic E-state index is 0. The highest BCUT2D eigenvalue weighted by Gasteiger charge is 2.14. The summed E-state index contributed by atoms with van der Waals surface area (Å²) >= 11 is 0. The number of aromatic hydroxyl groups is 1. The van der Waals surface area contributed by atoms with Crippen LogP contribution in [0.3, 0.4) is 0 Å². The van der Waals surface area contributed by atoms with Gasteiger partial charge in [0.1, 0.15) is 0 Å². The SMILES string of the molecule is C=C[C@@H](N)c1c(C)ccc(F)c1O.Cl. The molecule has 0 saturated carbocycles. The molecule has 0 saturated heterocycles. The third kappa shape index (κ3) is 2.25. The van der Waals surface area contributed by atoms with Crippen LogP contribution >= 0.6 is 12.4 Å². The van der Waals surface area contributed by atoms with E-state index in [2.05, 4.69) is 6.58 Å². The van der Waals surface area contributed by atoms with E-state index in [0.29, 0.717) is 5.56 Å². The van der Waals surface area contributed by atoms with Crippen molar-refractivity contribution in [3.05, 3.63) is 41.7 Å². The predicted molar refractivity (Wildman–Crippen MR) is 57.2 cm³/mol. The fourth-order valence-electron chi connectivity index (χ4n) is 1.22. The lowest BCUT2D eigenvalue weighted by atomic mass is 10.0. The second kappa shape index (κ2) is 4.98. The molecule has 0 aliphatic heterocycles. The molecule has 1 rings (SSSR count). The van der Waals surface area contributed by atoms with Crippen LogP contribution in [-0.2, 0) is 0 Å². The van der Waals surface area contributed by atoms with Gasteiger partial charge in [-0.05, 0) is 18.6 Å². The van der Waals surface area contributed by atoms with Crippen molar-refractivity contribution >= 4 is 12.4 Å². The molecule has 4 heteroatoms. The molecule has 0 aromatic heterocycles. The molecule has 0 spiro atoms. The maximum atomic E-state index is 12.9. The van der Waals surface area contributed by atoms with E-state index in [4.69, 9.17) is 5.73 Å². The van der Waals surface area contributed by atoms with Crippen molar-refractivity contribution in [3.63, 3.8) is 0 Å². The summed E-state index contributed by atoms with van der Waals surface area (Å²) in [4.78, 5) is 0. The number of rotatable bonds is 2. The molecule has 0 amide bonds. The van der Waals surface area contributed by atoms with Gasteiger partial charge in [-0.2, -0.15) is 0 Å². The van der Waals surface area contributed by atoms with E-state index in [0.717, 1.165) is 5.56 Å². The summed E-state index contributed by atoms with van der Waals surface area (Å²) in [5.41, 5.74) is 6.77. The lowest BCUT2D eigenvalue weighted by Crippen LogP contribution is -2.09. The standard InChI is InChI=1S/C10H12FNO.ClH/c1-3-8(12)9-6(2)4-5-7(11)10(9)13;/h3-5,8,13H,1,12H2,2H3;1H/t8-;/m1./s1. The number of phenolic OH excluding ortho intramolecular Hbond substituents is 1. The molecule has 0 fully saturated rings. The number of phenols is 1. The molecule has 3 N–H and O–H groups in total. The Bertz CT molecular complexity index is 341. The molecule has 1 atom stereocenters. The fourth-order valence-corrected chi connectivity index (χ4v) is 1.22.